The van der Waals surface area contributed by atoms with Crippen LogP contribution in [0.2, 0.25) is 0 Å². The Balaban J connectivity index is 1.38. The summed E-state index contributed by atoms with van der Waals surface area (Å²) in [5.74, 6) is 0.614. The summed E-state index contributed by atoms with van der Waals surface area (Å²) in [6.07, 6.45) is 8.12. The van der Waals surface area contributed by atoms with Gasteiger partial charge in [-0.3, -0.25) is 9.48 Å². The highest BCUT2D eigenvalue weighted by atomic mass is 16.5. The molecule has 2 aliphatic heterocycles. The van der Waals surface area contributed by atoms with Crippen LogP contribution in [0.5, 0.6) is 0 Å². The van der Waals surface area contributed by atoms with Gasteiger partial charge in [-0.25, -0.2) is 0 Å². The van der Waals surface area contributed by atoms with Crippen LogP contribution in [0.15, 0.2) is 12.4 Å². The second kappa shape index (κ2) is 8.12. The number of aryl methyl sites for hydroxylation is 2. The van der Waals surface area contributed by atoms with E-state index < -0.39 is 0 Å². The van der Waals surface area contributed by atoms with Gasteiger partial charge in [0, 0.05) is 51.4 Å². The lowest BCUT2D eigenvalue weighted by molar-refractivity contribution is -0.122. The van der Waals surface area contributed by atoms with E-state index >= 15 is 0 Å². The third kappa shape index (κ3) is 4.80. The summed E-state index contributed by atoms with van der Waals surface area (Å²) in [6.45, 7) is 8.95. The van der Waals surface area contributed by atoms with Crippen molar-refractivity contribution in [2.24, 2.45) is 5.92 Å². The molecule has 6 heteroatoms. The maximum Gasteiger partial charge on any atom is 0.222 e. The Bertz CT molecular complexity index is 539. The first kappa shape index (κ1) is 17.4. The van der Waals surface area contributed by atoms with Gasteiger partial charge in [0.15, 0.2) is 0 Å². The fraction of sp³-hybridized carbons (Fsp3) is 0.778. The molecule has 0 radical (unpaired) electrons. The third-order valence-corrected chi connectivity index (χ3v) is 5.15. The van der Waals surface area contributed by atoms with Gasteiger partial charge in [-0.1, -0.05) is 6.92 Å². The number of carbonyl (C=O) groups excluding carboxylic acids is 1. The van der Waals surface area contributed by atoms with Crippen LogP contribution in [0.25, 0.3) is 0 Å². The number of aromatic nitrogens is 2. The van der Waals surface area contributed by atoms with Crippen molar-refractivity contribution in [1.29, 1.82) is 0 Å². The highest BCUT2D eigenvalue weighted by Crippen LogP contribution is 2.20. The van der Waals surface area contributed by atoms with Crippen molar-refractivity contribution in [3.8, 4) is 0 Å². The maximum atomic E-state index is 12.2. The van der Waals surface area contributed by atoms with E-state index in [2.05, 4.69) is 22.2 Å². The molecule has 6 nitrogen and oxygen atoms in total. The summed E-state index contributed by atoms with van der Waals surface area (Å²) in [5, 5.41) is 7.45. The van der Waals surface area contributed by atoms with Crippen LogP contribution in [0.4, 0.5) is 0 Å². The third-order valence-electron chi connectivity index (χ3n) is 5.15. The second-order valence-corrected chi connectivity index (χ2v) is 7.37. The first-order valence-corrected chi connectivity index (χ1v) is 9.22. The average molecular weight is 334 g/mol. The zero-order chi connectivity index (χ0) is 16.9. The summed E-state index contributed by atoms with van der Waals surface area (Å²) >= 11 is 0. The molecule has 1 aromatic rings. The minimum Gasteiger partial charge on any atom is -0.377 e. The topological polar surface area (TPSA) is 59.4 Å². The highest BCUT2D eigenvalue weighted by Gasteiger charge is 2.29. The SMILES string of the molecule is Cc1cnn(CCC(=O)N[C@@H]2CCN(C[C@H]3CCCO3)C[C@@H]2C)c1. The summed E-state index contributed by atoms with van der Waals surface area (Å²) in [7, 11) is 0. The first-order valence-electron chi connectivity index (χ1n) is 9.22. The van der Waals surface area contributed by atoms with Crippen LogP contribution in [-0.4, -0.2) is 59.0 Å². The number of nitrogens with zero attached hydrogens (tertiary/aromatic N) is 3. The molecule has 2 saturated heterocycles. The molecule has 0 unspecified atom stereocenters. The van der Waals surface area contributed by atoms with E-state index in [1.54, 1.807) is 0 Å². The number of carbonyl (C=O) groups is 1. The fourth-order valence-corrected chi connectivity index (χ4v) is 3.77. The lowest BCUT2D eigenvalue weighted by Gasteiger charge is -2.38. The quantitative estimate of drug-likeness (QED) is 0.858. The van der Waals surface area contributed by atoms with Gasteiger partial charge >= 0.3 is 0 Å². The summed E-state index contributed by atoms with van der Waals surface area (Å²) in [6, 6.07) is 0.289. The van der Waals surface area contributed by atoms with E-state index in [0.717, 1.165) is 38.2 Å². The minimum absolute atomic E-state index is 0.132. The van der Waals surface area contributed by atoms with Crippen molar-refractivity contribution in [2.45, 2.75) is 58.2 Å². The molecule has 0 saturated carbocycles. The van der Waals surface area contributed by atoms with Crippen molar-refractivity contribution >= 4 is 5.91 Å². The van der Waals surface area contributed by atoms with Crippen LogP contribution < -0.4 is 5.32 Å². The Morgan fingerprint density at radius 2 is 2.33 bits per heavy atom. The second-order valence-electron chi connectivity index (χ2n) is 7.37. The molecule has 1 aromatic heterocycles. The molecule has 0 aromatic carbocycles. The zero-order valence-corrected chi connectivity index (χ0v) is 14.9. The van der Waals surface area contributed by atoms with Gasteiger partial charge < -0.3 is 15.0 Å². The van der Waals surface area contributed by atoms with Gasteiger partial charge in [-0.05, 0) is 37.7 Å². The Kier molecular flexibility index (Phi) is 5.89. The van der Waals surface area contributed by atoms with Crippen molar-refractivity contribution < 1.29 is 9.53 Å². The number of piperidine rings is 1. The van der Waals surface area contributed by atoms with Crippen molar-refractivity contribution in [3.05, 3.63) is 18.0 Å². The standard InChI is InChI=1S/C18H30N4O2/c1-14-10-19-22(11-14)8-6-18(23)20-17-5-7-21(12-15(17)2)13-16-4-3-9-24-16/h10-11,15-17H,3-9,12-13H2,1-2H3,(H,20,23)/t15-,16+,17+/m0/s1. The van der Waals surface area contributed by atoms with E-state index in [4.69, 9.17) is 4.74 Å². The van der Waals surface area contributed by atoms with Crippen LogP contribution in [-0.2, 0) is 16.1 Å². The maximum absolute atomic E-state index is 12.2. The van der Waals surface area contributed by atoms with Gasteiger partial charge in [0.25, 0.3) is 0 Å². The zero-order valence-electron chi connectivity index (χ0n) is 14.9. The van der Waals surface area contributed by atoms with E-state index in [0.29, 0.717) is 25.0 Å². The van der Waals surface area contributed by atoms with E-state index in [9.17, 15) is 4.79 Å². The molecule has 134 valence electrons. The van der Waals surface area contributed by atoms with Gasteiger partial charge in [0.2, 0.25) is 5.91 Å². The molecule has 3 atom stereocenters. The Morgan fingerprint density at radius 1 is 1.46 bits per heavy atom. The molecule has 0 bridgehead atoms. The Hall–Kier alpha value is -1.40. The van der Waals surface area contributed by atoms with Gasteiger partial charge in [-0.2, -0.15) is 5.10 Å². The number of hydrogen-bond acceptors (Lipinski definition) is 4. The smallest absolute Gasteiger partial charge is 0.222 e. The molecular formula is C18H30N4O2. The van der Waals surface area contributed by atoms with E-state index in [1.165, 1.54) is 12.8 Å². The molecule has 0 spiro atoms. The monoisotopic (exact) mass is 334 g/mol. The number of hydrogen-bond donors (Lipinski definition) is 1. The van der Waals surface area contributed by atoms with Crippen molar-refractivity contribution in [2.75, 3.05) is 26.2 Å². The van der Waals surface area contributed by atoms with E-state index in [-0.39, 0.29) is 11.9 Å². The molecule has 2 aliphatic rings. The summed E-state index contributed by atoms with van der Waals surface area (Å²) in [4.78, 5) is 14.7. The van der Waals surface area contributed by atoms with Crippen LogP contribution in [0.1, 0.15) is 38.2 Å². The molecular weight excluding hydrogens is 304 g/mol. The average Bonchev–Trinajstić information content (AvgIpc) is 3.20. The lowest BCUT2D eigenvalue weighted by Crippen LogP contribution is -2.51. The number of nitrogens with one attached hydrogen (secondary N) is 1. The van der Waals surface area contributed by atoms with Gasteiger partial charge in [0.1, 0.15) is 0 Å². The predicted molar refractivity (Wildman–Crippen MR) is 92.7 cm³/mol. The molecule has 1 amide bonds. The molecule has 2 fully saturated rings. The largest absolute Gasteiger partial charge is 0.377 e. The van der Waals surface area contributed by atoms with Crippen molar-refractivity contribution in [3.63, 3.8) is 0 Å². The highest BCUT2D eigenvalue weighted by molar-refractivity contribution is 5.76. The summed E-state index contributed by atoms with van der Waals surface area (Å²) < 4.78 is 7.57. The van der Waals surface area contributed by atoms with Crippen molar-refractivity contribution in [1.82, 2.24) is 20.0 Å². The normalized spacial score (nSPS) is 28.2. The van der Waals surface area contributed by atoms with Gasteiger partial charge in [0.05, 0.1) is 12.3 Å². The van der Waals surface area contributed by atoms with Crippen LogP contribution in [0.3, 0.4) is 0 Å². The fourth-order valence-electron chi connectivity index (χ4n) is 3.77. The van der Waals surface area contributed by atoms with E-state index in [1.807, 2.05) is 24.0 Å². The Labute approximate surface area is 144 Å². The first-order chi connectivity index (χ1) is 11.6. The van der Waals surface area contributed by atoms with Crippen LogP contribution in [0, 0.1) is 12.8 Å². The molecule has 0 aliphatic carbocycles. The number of rotatable bonds is 6. The number of likely N-dealkylation sites (tertiary alicyclic amines) is 1. The number of ether oxygens (including phenoxy) is 1. The van der Waals surface area contributed by atoms with Gasteiger partial charge in [-0.15, -0.1) is 0 Å². The molecule has 1 N–H and O–H groups in total. The minimum atomic E-state index is 0.132. The molecule has 3 heterocycles. The summed E-state index contributed by atoms with van der Waals surface area (Å²) in [5.41, 5.74) is 1.13. The molecule has 24 heavy (non-hydrogen) atoms. The van der Waals surface area contributed by atoms with Crippen LogP contribution >= 0.6 is 0 Å². The number of amides is 1. The Morgan fingerprint density at radius 3 is 3.00 bits per heavy atom. The lowest BCUT2D eigenvalue weighted by atomic mass is 9.93. The predicted octanol–water partition coefficient (Wildman–Crippen LogP) is 1.59. The molecule has 3 rings (SSSR count).